The number of aromatic nitrogens is 4. The molecule has 0 aliphatic carbocycles. The van der Waals surface area contributed by atoms with Gasteiger partial charge in [0.15, 0.2) is 0 Å². The van der Waals surface area contributed by atoms with Crippen LogP contribution in [-0.2, 0) is 13.0 Å². The van der Waals surface area contributed by atoms with Crippen molar-refractivity contribution in [1.82, 2.24) is 19.7 Å². The second kappa shape index (κ2) is 8.26. The number of hydrogen-bond acceptors (Lipinski definition) is 6. The molecule has 3 aromatic rings. The van der Waals surface area contributed by atoms with Crippen molar-refractivity contribution in [2.24, 2.45) is 7.05 Å². The summed E-state index contributed by atoms with van der Waals surface area (Å²) >= 11 is 6.70. The molecule has 160 valence electrons. The largest absolute Gasteiger partial charge is 0.458 e. The van der Waals surface area contributed by atoms with Crippen molar-refractivity contribution in [3.63, 3.8) is 0 Å². The first-order valence-corrected chi connectivity index (χ1v) is 9.36. The third-order valence-electron chi connectivity index (χ3n) is 3.74. The lowest BCUT2D eigenvalue weighted by Crippen LogP contribution is -2.34. The zero-order valence-electron chi connectivity index (χ0n) is 15.3. The molecule has 2 aromatic heterocycles. The monoisotopic (exact) mass is 465 g/mol. The fourth-order valence-electron chi connectivity index (χ4n) is 2.27. The van der Waals surface area contributed by atoms with Crippen molar-refractivity contribution in [2.75, 3.05) is 4.72 Å². The Labute approximate surface area is 176 Å². The smallest absolute Gasteiger partial charge is 0.438 e. The number of anilines is 1. The van der Waals surface area contributed by atoms with Gasteiger partial charge in [0.25, 0.3) is 0 Å². The summed E-state index contributed by atoms with van der Waals surface area (Å²) in [7, 11) is 1.68. The molecule has 0 radical (unpaired) electrons. The molecule has 0 aliphatic heterocycles. The maximum Gasteiger partial charge on any atom is 0.458 e. The van der Waals surface area contributed by atoms with Crippen LogP contribution in [0, 0.1) is 6.92 Å². The van der Waals surface area contributed by atoms with E-state index in [9.17, 15) is 22.0 Å². The molecule has 1 aromatic carbocycles. The van der Waals surface area contributed by atoms with Gasteiger partial charge in [0.05, 0.1) is 11.1 Å². The van der Waals surface area contributed by atoms with E-state index in [-0.39, 0.29) is 11.7 Å². The summed E-state index contributed by atoms with van der Waals surface area (Å²) < 4.78 is 76.8. The summed E-state index contributed by atoms with van der Waals surface area (Å²) in [5, 5.41) is 2.85. The molecule has 1 N–H and O–H groups in total. The van der Waals surface area contributed by atoms with Crippen LogP contribution in [-0.4, -0.2) is 25.9 Å². The summed E-state index contributed by atoms with van der Waals surface area (Å²) in [5.74, 6) is -6.63. The molecular formula is C17H13ClF5N5OS. The lowest BCUT2D eigenvalue weighted by Gasteiger charge is -2.23. The van der Waals surface area contributed by atoms with Crippen molar-refractivity contribution in [3.05, 3.63) is 52.9 Å². The van der Waals surface area contributed by atoms with E-state index in [4.69, 9.17) is 16.3 Å². The van der Waals surface area contributed by atoms with Gasteiger partial charge in [-0.2, -0.15) is 37.0 Å². The Bertz CT molecular complexity index is 1060. The number of alkyl halides is 5. The van der Waals surface area contributed by atoms with Gasteiger partial charge in [0.2, 0.25) is 11.8 Å². The van der Waals surface area contributed by atoms with Crippen LogP contribution in [0.3, 0.4) is 0 Å². The quantitative estimate of drug-likeness (QED) is 0.284. The highest BCUT2D eigenvalue weighted by Gasteiger charge is 2.62. The van der Waals surface area contributed by atoms with Crippen molar-refractivity contribution < 1.29 is 26.7 Å². The van der Waals surface area contributed by atoms with E-state index in [0.29, 0.717) is 10.5 Å². The first-order chi connectivity index (χ1) is 14.0. The van der Waals surface area contributed by atoms with Crippen LogP contribution in [0.2, 0.25) is 5.15 Å². The molecule has 0 atom stereocenters. The molecule has 0 aliphatic rings. The second-order valence-electron chi connectivity index (χ2n) is 6.01. The van der Waals surface area contributed by atoms with Crippen LogP contribution < -0.4 is 9.46 Å². The fraction of sp³-hybridized carbons (Fsp3) is 0.235. The van der Waals surface area contributed by atoms with Crippen molar-refractivity contribution in [1.29, 1.82) is 0 Å². The number of rotatable bonds is 6. The van der Waals surface area contributed by atoms with E-state index in [1.54, 1.807) is 32.3 Å². The summed E-state index contributed by atoms with van der Waals surface area (Å²) in [6.45, 7) is 1.59. The number of hydrogen-bond donors (Lipinski definition) is 1. The maximum absolute atomic E-state index is 14.2. The standard InChI is InChI=1S/C17H13ClF5N5OS/c1-9-5-3-4-6-11(9)29-14-12(16(19,20)17(21,22)23)13(18)25-15(26-14)27-30-10-7-24-28(2)8-10/h3-8H,1-2H3,(H,25,26,27). The van der Waals surface area contributed by atoms with Gasteiger partial charge in [0.1, 0.15) is 16.5 Å². The average Bonchev–Trinajstić information content (AvgIpc) is 3.06. The highest BCUT2D eigenvalue weighted by molar-refractivity contribution is 8.00. The number of aryl methyl sites for hydroxylation is 2. The minimum atomic E-state index is -5.93. The van der Waals surface area contributed by atoms with Gasteiger partial charge in [-0.05, 0) is 30.5 Å². The highest BCUT2D eigenvalue weighted by Crippen LogP contribution is 2.50. The Hall–Kier alpha value is -2.60. The fourth-order valence-corrected chi connectivity index (χ4v) is 3.16. The molecule has 0 amide bonds. The number of nitrogens with zero attached hydrogens (tertiary/aromatic N) is 4. The first kappa shape index (κ1) is 22.1. The normalized spacial score (nSPS) is 12.1. The third kappa shape index (κ3) is 4.59. The van der Waals surface area contributed by atoms with Gasteiger partial charge >= 0.3 is 12.1 Å². The van der Waals surface area contributed by atoms with Gasteiger partial charge in [-0.1, -0.05) is 29.8 Å². The van der Waals surface area contributed by atoms with Crippen molar-refractivity contribution in [3.8, 4) is 11.6 Å². The van der Waals surface area contributed by atoms with Gasteiger partial charge in [-0.15, -0.1) is 0 Å². The minimum absolute atomic E-state index is 0.0392. The Kier molecular flexibility index (Phi) is 6.09. The second-order valence-corrected chi connectivity index (χ2v) is 7.25. The molecule has 0 fully saturated rings. The van der Waals surface area contributed by atoms with Crippen LogP contribution in [0.15, 0.2) is 41.6 Å². The molecule has 6 nitrogen and oxygen atoms in total. The number of ether oxygens (including phenoxy) is 1. The molecular weight excluding hydrogens is 453 g/mol. The van der Waals surface area contributed by atoms with Gasteiger partial charge in [-0.25, -0.2) is 0 Å². The van der Waals surface area contributed by atoms with Crippen LogP contribution in [0.25, 0.3) is 0 Å². The SMILES string of the molecule is Cc1ccccc1Oc1nc(NSc2cnn(C)c2)nc(Cl)c1C(F)(F)C(F)(F)F. The number of para-hydroxylation sites is 1. The van der Waals surface area contributed by atoms with E-state index in [1.807, 2.05) is 0 Å². The molecule has 0 saturated heterocycles. The first-order valence-electron chi connectivity index (χ1n) is 8.16. The van der Waals surface area contributed by atoms with Gasteiger partial charge in [0, 0.05) is 13.2 Å². The molecule has 0 saturated carbocycles. The number of nitrogens with one attached hydrogen (secondary N) is 1. The predicted octanol–water partition coefficient (Wildman–Crippen LogP) is 5.74. The molecule has 2 heterocycles. The molecule has 0 spiro atoms. The van der Waals surface area contributed by atoms with E-state index >= 15 is 0 Å². The molecule has 0 unspecified atom stereocenters. The molecule has 13 heteroatoms. The predicted molar refractivity (Wildman–Crippen MR) is 101 cm³/mol. The van der Waals surface area contributed by atoms with Crippen LogP contribution >= 0.6 is 23.5 Å². The topological polar surface area (TPSA) is 64.9 Å². The minimum Gasteiger partial charge on any atom is -0.438 e. The van der Waals surface area contributed by atoms with Crippen molar-refractivity contribution in [2.45, 2.75) is 23.9 Å². The lowest BCUT2D eigenvalue weighted by atomic mass is 10.1. The van der Waals surface area contributed by atoms with E-state index in [0.717, 1.165) is 11.9 Å². The zero-order valence-corrected chi connectivity index (χ0v) is 16.9. The Morgan fingerprint density at radius 3 is 2.43 bits per heavy atom. The Morgan fingerprint density at radius 1 is 1.13 bits per heavy atom. The third-order valence-corrected chi connectivity index (χ3v) is 4.75. The lowest BCUT2D eigenvalue weighted by molar-refractivity contribution is -0.289. The van der Waals surface area contributed by atoms with Crippen LogP contribution in [0.5, 0.6) is 11.6 Å². The molecule has 3 rings (SSSR count). The van der Waals surface area contributed by atoms with E-state index in [1.165, 1.54) is 23.0 Å². The summed E-state index contributed by atoms with van der Waals surface area (Å²) in [6, 6.07) is 6.18. The van der Waals surface area contributed by atoms with E-state index < -0.39 is 28.7 Å². The summed E-state index contributed by atoms with van der Waals surface area (Å²) in [4.78, 5) is 7.86. The van der Waals surface area contributed by atoms with Crippen LogP contribution in [0.4, 0.5) is 27.9 Å². The summed E-state index contributed by atoms with van der Waals surface area (Å²) in [5.41, 5.74) is -1.18. The maximum atomic E-state index is 14.2. The molecule has 0 bridgehead atoms. The van der Waals surface area contributed by atoms with Crippen molar-refractivity contribution >= 4 is 29.5 Å². The zero-order chi connectivity index (χ0) is 22.1. The number of halogens is 6. The Morgan fingerprint density at radius 2 is 1.83 bits per heavy atom. The Balaban J connectivity index is 2.04. The average molecular weight is 466 g/mol. The highest BCUT2D eigenvalue weighted by atomic mass is 35.5. The molecule has 30 heavy (non-hydrogen) atoms. The number of benzene rings is 1. The van der Waals surface area contributed by atoms with Gasteiger partial charge < -0.3 is 4.74 Å². The van der Waals surface area contributed by atoms with E-state index in [2.05, 4.69) is 19.8 Å². The van der Waals surface area contributed by atoms with Crippen LogP contribution in [0.1, 0.15) is 11.1 Å². The summed E-state index contributed by atoms with van der Waals surface area (Å²) in [6.07, 6.45) is -2.80. The van der Waals surface area contributed by atoms with Gasteiger partial charge in [-0.3, -0.25) is 9.40 Å².